The van der Waals surface area contributed by atoms with Gasteiger partial charge in [0.25, 0.3) is 0 Å². The molecule has 2 fully saturated rings. The molecule has 1 aliphatic carbocycles. The highest BCUT2D eigenvalue weighted by atomic mass is 32.2. The molecule has 0 bridgehead atoms. The molecular formula is C22H34N4O2S. The second kappa shape index (κ2) is 10.9. The average Bonchev–Trinajstić information content (AvgIpc) is 3.24. The summed E-state index contributed by atoms with van der Waals surface area (Å²) in [5, 5.41) is 3.79. The molecule has 1 aromatic rings. The summed E-state index contributed by atoms with van der Waals surface area (Å²) in [5.74, 6) is 0.172. The summed E-state index contributed by atoms with van der Waals surface area (Å²) in [5.41, 5.74) is 0.911. The van der Waals surface area contributed by atoms with Crippen LogP contribution >= 0.6 is 11.8 Å². The highest BCUT2D eigenvalue weighted by molar-refractivity contribution is 8.00. The summed E-state index contributed by atoms with van der Waals surface area (Å²) >= 11 is 1.90. The van der Waals surface area contributed by atoms with Gasteiger partial charge < -0.3 is 15.1 Å². The summed E-state index contributed by atoms with van der Waals surface area (Å²) in [4.78, 5) is 32.1. The Morgan fingerprint density at radius 3 is 2.38 bits per heavy atom. The average molecular weight is 419 g/mol. The normalized spacial score (nSPS) is 18.1. The van der Waals surface area contributed by atoms with E-state index in [-0.39, 0.29) is 11.9 Å². The number of thioether (sulfide) groups is 1. The minimum atomic E-state index is -0.0424. The standard InChI is InChI=1S/C22H34N4O2S/c1-3-25(4-2)21(27)17-24-13-15-26(16-14-24)22(28)23-19-11-7-8-12-20(19)29-18-9-5-6-10-18/h7-8,11-12,18H,3-6,9-10,13-17H2,1-2H3,(H,23,28). The highest BCUT2D eigenvalue weighted by Crippen LogP contribution is 2.38. The lowest BCUT2D eigenvalue weighted by atomic mass is 10.3. The lowest BCUT2D eigenvalue weighted by molar-refractivity contribution is -0.132. The Labute approximate surface area is 179 Å². The Morgan fingerprint density at radius 1 is 1.07 bits per heavy atom. The van der Waals surface area contributed by atoms with Crippen LogP contribution in [-0.4, -0.2) is 77.7 Å². The van der Waals surface area contributed by atoms with E-state index in [0.717, 1.165) is 36.8 Å². The Kier molecular flexibility index (Phi) is 8.24. The molecule has 0 radical (unpaired) electrons. The molecule has 0 aromatic heterocycles. The monoisotopic (exact) mass is 418 g/mol. The van der Waals surface area contributed by atoms with Crippen LogP contribution in [-0.2, 0) is 4.79 Å². The molecule has 2 aliphatic rings. The van der Waals surface area contributed by atoms with E-state index in [1.165, 1.54) is 25.7 Å². The van der Waals surface area contributed by atoms with Crippen molar-refractivity contribution in [1.82, 2.24) is 14.7 Å². The Balaban J connectivity index is 1.49. The third-order valence-electron chi connectivity index (χ3n) is 5.86. The number of rotatable bonds is 7. The number of carbonyl (C=O) groups is 2. The van der Waals surface area contributed by atoms with Gasteiger partial charge in [0.1, 0.15) is 0 Å². The van der Waals surface area contributed by atoms with Gasteiger partial charge >= 0.3 is 6.03 Å². The van der Waals surface area contributed by atoms with E-state index in [9.17, 15) is 9.59 Å². The third kappa shape index (κ3) is 6.12. The zero-order chi connectivity index (χ0) is 20.6. The number of anilines is 1. The molecular weight excluding hydrogens is 384 g/mol. The highest BCUT2D eigenvalue weighted by Gasteiger charge is 2.24. The van der Waals surface area contributed by atoms with Gasteiger partial charge in [0.05, 0.1) is 12.2 Å². The fraction of sp³-hybridized carbons (Fsp3) is 0.636. The maximum absolute atomic E-state index is 12.8. The van der Waals surface area contributed by atoms with Crippen molar-refractivity contribution in [2.75, 3.05) is 51.1 Å². The van der Waals surface area contributed by atoms with Gasteiger partial charge in [0.2, 0.25) is 5.91 Å². The third-order valence-corrected chi connectivity index (χ3v) is 7.27. The molecule has 1 heterocycles. The summed E-state index contributed by atoms with van der Waals surface area (Å²) < 4.78 is 0. The van der Waals surface area contributed by atoms with E-state index in [1.54, 1.807) is 0 Å². The van der Waals surface area contributed by atoms with Gasteiger partial charge in [0, 0.05) is 49.4 Å². The van der Waals surface area contributed by atoms with E-state index in [1.807, 2.05) is 53.6 Å². The summed E-state index contributed by atoms with van der Waals surface area (Å²) in [6, 6.07) is 8.08. The first kappa shape index (κ1) is 22.0. The number of nitrogens with zero attached hydrogens (tertiary/aromatic N) is 3. The zero-order valence-electron chi connectivity index (χ0n) is 17.7. The molecule has 1 saturated carbocycles. The van der Waals surface area contributed by atoms with E-state index >= 15 is 0 Å². The van der Waals surface area contributed by atoms with Crippen molar-refractivity contribution in [3.8, 4) is 0 Å². The van der Waals surface area contributed by atoms with Crippen LogP contribution in [0.2, 0.25) is 0 Å². The maximum Gasteiger partial charge on any atom is 0.321 e. The number of carbonyl (C=O) groups excluding carboxylic acids is 2. The van der Waals surface area contributed by atoms with Gasteiger partial charge in [-0.1, -0.05) is 25.0 Å². The van der Waals surface area contributed by atoms with Crippen molar-refractivity contribution in [1.29, 1.82) is 0 Å². The second-order valence-electron chi connectivity index (χ2n) is 7.78. The first-order valence-electron chi connectivity index (χ1n) is 10.9. The van der Waals surface area contributed by atoms with Gasteiger partial charge in [-0.25, -0.2) is 4.79 Å². The SMILES string of the molecule is CCN(CC)C(=O)CN1CCN(C(=O)Nc2ccccc2SC2CCCC2)CC1. The van der Waals surface area contributed by atoms with Crippen molar-refractivity contribution >= 4 is 29.4 Å². The largest absolute Gasteiger partial charge is 0.342 e. The Hall–Kier alpha value is -1.73. The number of benzene rings is 1. The van der Waals surface area contributed by atoms with Crippen LogP contribution in [0.5, 0.6) is 0 Å². The first-order chi connectivity index (χ1) is 14.1. The maximum atomic E-state index is 12.8. The van der Waals surface area contributed by atoms with E-state index in [2.05, 4.69) is 16.3 Å². The molecule has 1 N–H and O–H groups in total. The van der Waals surface area contributed by atoms with Crippen LogP contribution in [0, 0.1) is 0 Å². The number of urea groups is 1. The van der Waals surface area contributed by atoms with Gasteiger partial charge in [0.15, 0.2) is 0 Å². The molecule has 1 saturated heterocycles. The Morgan fingerprint density at radius 2 is 1.72 bits per heavy atom. The molecule has 0 atom stereocenters. The van der Waals surface area contributed by atoms with E-state index in [4.69, 9.17) is 0 Å². The van der Waals surface area contributed by atoms with Crippen molar-refractivity contribution in [3.05, 3.63) is 24.3 Å². The number of piperazine rings is 1. The second-order valence-corrected chi connectivity index (χ2v) is 9.12. The van der Waals surface area contributed by atoms with Crippen LogP contribution in [0.15, 0.2) is 29.2 Å². The molecule has 0 spiro atoms. The van der Waals surface area contributed by atoms with Gasteiger partial charge in [-0.3, -0.25) is 9.69 Å². The fourth-order valence-electron chi connectivity index (χ4n) is 4.03. The number of likely N-dealkylation sites (N-methyl/N-ethyl adjacent to an activating group) is 1. The van der Waals surface area contributed by atoms with Crippen molar-refractivity contribution < 1.29 is 9.59 Å². The van der Waals surface area contributed by atoms with Crippen LogP contribution in [0.1, 0.15) is 39.5 Å². The molecule has 3 rings (SSSR count). The molecule has 7 heteroatoms. The molecule has 3 amide bonds. The van der Waals surface area contributed by atoms with Crippen LogP contribution in [0.25, 0.3) is 0 Å². The topological polar surface area (TPSA) is 55.9 Å². The number of hydrogen-bond acceptors (Lipinski definition) is 4. The fourth-order valence-corrected chi connectivity index (χ4v) is 5.36. The lowest BCUT2D eigenvalue weighted by Gasteiger charge is -2.35. The smallest absolute Gasteiger partial charge is 0.321 e. The van der Waals surface area contributed by atoms with Crippen LogP contribution in [0.3, 0.4) is 0 Å². The molecule has 1 aromatic carbocycles. The quantitative estimate of drug-likeness (QED) is 0.733. The van der Waals surface area contributed by atoms with Crippen LogP contribution in [0.4, 0.5) is 10.5 Å². The molecule has 1 aliphatic heterocycles. The van der Waals surface area contributed by atoms with Crippen molar-refractivity contribution in [2.24, 2.45) is 0 Å². The number of amides is 3. The van der Waals surface area contributed by atoms with E-state index in [0.29, 0.717) is 24.9 Å². The minimum absolute atomic E-state index is 0.0424. The molecule has 6 nitrogen and oxygen atoms in total. The Bertz CT molecular complexity index is 681. The lowest BCUT2D eigenvalue weighted by Crippen LogP contribution is -2.52. The molecule has 29 heavy (non-hydrogen) atoms. The summed E-state index contributed by atoms with van der Waals surface area (Å²) in [7, 11) is 0. The number of hydrogen-bond donors (Lipinski definition) is 1. The predicted octanol–water partition coefficient (Wildman–Crippen LogP) is 3.74. The number of para-hydroxylation sites is 1. The van der Waals surface area contributed by atoms with Gasteiger partial charge in [-0.2, -0.15) is 0 Å². The van der Waals surface area contributed by atoms with Gasteiger partial charge in [-0.15, -0.1) is 11.8 Å². The van der Waals surface area contributed by atoms with Gasteiger partial charge in [-0.05, 0) is 38.8 Å². The predicted molar refractivity (Wildman–Crippen MR) is 120 cm³/mol. The summed E-state index contributed by atoms with van der Waals surface area (Å²) in [6.07, 6.45) is 5.16. The zero-order valence-corrected chi connectivity index (χ0v) is 18.5. The van der Waals surface area contributed by atoms with Crippen LogP contribution < -0.4 is 5.32 Å². The van der Waals surface area contributed by atoms with Crippen molar-refractivity contribution in [3.63, 3.8) is 0 Å². The minimum Gasteiger partial charge on any atom is -0.342 e. The number of nitrogens with one attached hydrogen (secondary N) is 1. The first-order valence-corrected chi connectivity index (χ1v) is 11.8. The van der Waals surface area contributed by atoms with Crippen molar-refractivity contribution in [2.45, 2.75) is 49.7 Å². The molecule has 0 unspecified atom stereocenters. The molecule has 160 valence electrons. The van der Waals surface area contributed by atoms with E-state index < -0.39 is 0 Å². The summed E-state index contributed by atoms with van der Waals surface area (Å²) in [6.45, 7) is 8.71.